The van der Waals surface area contributed by atoms with Gasteiger partial charge in [-0.2, -0.15) is 0 Å². The van der Waals surface area contributed by atoms with Crippen LogP contribution in [0.5, 0.6) is 0 Å². The molecule has 6 aliphatic rings. The lowest BCUT2D eigenvalue weighted by atomic mass is 9.87. The molecule has 9 aromatic carbocycles. The minimum Gasteiger partial charge on any atom is -0.461 e. The molecule has 0 amide bonds. The SMILES string of the molecule is O=C(COCCc1ccc([S+](c2ccccc2)c2ccccc2)cc1)OC1CCCCC1.c1cc([S+](c2ccc(C3CCCCCCCCCCC3)cc2)c2ccc(C3CCCCCCCCCCC3)cc2)ccc1C1CCCCCCCCCCC1.c1ccc([S+](c2ccc(C3CCCCCCCCCCC3)cc2)c2ccc(C3CCCCCCCCCCC3)cc2)cc1. The maximum atomic E-state index is 12.0. The third kappa shape index (κ3) is 35.6. The van der Waals surface area contributed by atoms with Crippen molar-refractivity contribution in [3.8, 4) is 0 Å². The topological polar surface area (TPSA) is 35.5 Å². The van der Waals surface area contributed by atoms with Gasteiger partial charge in [0.25, 0.3) is 0 Å². The Balaban J connectivity index is 0.000000172. The molecule has 0 saturated heterocycles. The Morgan fingerprint density at radius 3 is 0.577 bits per heavy atom. The van der Waals surface area contributed by atoms with Gasteiger partial charge in [0, 0.05) is 0 Å². The van der Waals surface area contributed by atoms with Crippen LogP contribution in [0.2, 0.25) is 0 Å². The summed E-state index contributed by atoms with van der Waals surface area (Å²) in [6.45, 7) is 0.558. The van der Waals surface area contributed by atoms with E-state index in [0.717, 1.165) is 61.7 Å². The summed E-state index contributed by atoms with van der Waals surface area (Å²) < 4.78 is 11.1. The lowest BCUT2D eigenvalue weighted by molar-refractivity contribution is -0.155. The Kier molecular flexibility index (Phi) is 47.1. The van der Waals surface area contributed by atoms with Gasteiger partial charge in [-0.05, 0) is 268 Å². The summed E-state index contributed by atoms with van der Waals surface area (Å²) in [4.78, 5) is 24.7. The Hall–Kier alpha value is -6.54. The fourth-order valence-electron chi connectivity index (χ4n) is 22.3. The zero-order valence-electron chi connectivity index (χ0n) is 81.0. The first-order valence-corrected chi connectivity index (χ1v) is 57.9. The quantitative estimate of drug-likeness (QED) is 0.0433. The smallest absolute Gasteiger partial charge is 0.332 e. The van der Waals surface area contributed by atoms with Gasteiger partial charge >= 0.3 is 5.97 Å². The van der Waals surface area contributed by atoms with Crippen LogP contribution in [0, 0.1) is 0 Å². The van der Waals surface area contributed by atoms with Crippen molar-refractivity contribution in [1.29, 1.82) is 0 Å². The van der Waals surface area contributed by atoms with Crippen LogP contribution in [-0.2, 0) is 53.4 Å². The van der Waals surface area contributed by atoms with Crippen molar-refractivity contribution in [3.63, 3.8) is 0 Å². The maximum Gasteiger partial charge on any atom is 0.332 e. The van der Waals surface area contributed by atoms with Gasteiger partial charge in [0.15, 0.2) is 44.1 Å². The molecule has 0 unspecified atom stereocenters. The van der Waals surface area contributed by atoms with Crippen LogP contribution in [0.15, 0.2) is 281 Å². The zero-order chi connectivity index (χ0) is 89.0. The molecular formula is C124H171O3S3+3. The summed E-state index contributed by atoms with van der Waals surface area (Å²) in [5.41, 5.74) is 9.16. The summed E-state index contributed by atoms with van der Waals surface area (Å²) in [6, 6.07) is 91.7. The van der Waals surface area contributed by atoms with Gasteiger partial charge in [-0.3, -0.25) is 0 Å². The van der Waals surface area contributed by atoms with E-state index in [2.05, 4.69) is 237 Å². The Bertz CT molecular complexity index is 4040. The van der Waals surface area contributed by atoms with Crippen LogP contribution in [0.25, 0.3) is 0 Å². The molecule has 6 saturated carbocycles. The largest absolute Gasteiger partial charge is 0.461 e. The van der Waals surface area contributed by atoms with Crippen molar-refractivity contribution in [2.24, 2.45) is 0 Å². The average molecular weight is 1810 g/mol. The van der Waals surface area contributed by atoms with E-state index in [-0.39, 0.29) is 51.4 Å². The molecule has 9 aromatic rings. The Morgan fingerprint density at radius 2 is 0.369 bits per heavy atom. The summed E-state index contributed by atoms with van der Waals surface area (Å²) in [5.74, 6) is 3.42. The molecule has 6 aliphatic carbocycles. The van der Waals surface area contributed by atoms with Crippen LogP contribution >= 0.6 is 0 Å². The summed E-state index contributed by atoms with van der Waals surface area (Å²) >= 11 is 0. The molecule has 0 bridgehead atoms. The zero-order valence-corrected chi connectivity index (χ0v) is 83.4. The van der Waals surface area contributed by atoms with Gasteiger partial charge in [-0.1, -0.05) is 423 Å². The van der Waals surface area contributed by atoms with Crippen molar-refractivity contribution in [1.82, 2.24) is 0 Å². The second kappa shape index (κ2) is 60.7. The highest BCUT2D eigenvalue weighted by molar-refractivity contribution is 7.97. The number of benzene rings is 9. The van der Waals surface area contributed by atoms with Crippen LogP contribution < -0.4 is 0 Å². The lowest BCUT2D eigenvalue weighted by Crippen LogP contribution is -2.23. The predicted molar refractivity (Wildman–Crippen MR) is 560 cm³/mol. The molecule has 6 fully saturated rings. The molecular weight excluding hydrogens is 1630 g/mol. The number of hydrogen-bond donors (Lipinski definition) is 0. The standard InChI is InChI=1S/C54H81S.C42H59S.C28H31O3S/c1-4-10-16-22-28-46(29-23-17-11-5-1)49-34-40-52(41-35-49)55(53-42-36-50(37-43-53)47-30-24-18-12-6-2-7-13-19-25-31-47)54-44-38-51(39-45-54)48-32-26-20-14-8-3-9-15-21-27-33-48;1-3-7-11-16-22-36(23-17-12-8-4-1)38-28-32-41(33-29-38)43(40-26-20-15-21-27-40)42-34-30-39(31-35-42)37-24-18-13-9-5-2-6-10-14-19-25-37;29-28(31-24-10-4-1-5-11-24)22-30-21-20-23-16-18-27(19-17-23)32(25-12-6-2-7-13-25)26-14-8-3-9-15-26/h34-48H,1-33H2;15,20-21,26-37H,1-14,16-19,22-25H2;2-3,6-9,12-19,24H,1,4-5,10-11,20-22H2/q3*+1. The molecule has 15 rings (SSSR count). The summed E-state index contributed by atoms with van der Waals surface area (Å²) in [5, 5.41) is 0. The highest BCUT2D eigenvalue weighted by Crippen LogP contribution is 2.43. The minimum atomic E-state index is -0.234. The monoisotopic (exact) mass is 1800 g/mol. The van der Waals surface area contributed by atoms with Gasteiger partial charge in [0.05, 0.1) is 39.3 Å². The normalized spacial score (nSPS) is 19.3. The molecule has 6 heteroatoms. The first-order chi connectivity index (χ1) is 64.5. The van der Waals surface area contributed by atoms with E-state index in [4.69, 9.17) is 9.47 Å². The van der Waals surface area contributed by atoms with Gasteiger partial charge < -0.3 is 9.47 Å². The van der Waals surface area contributed by atoms with E-state index in [1.54, 1.807) is 27.8 Å². The van der Waals surface area contributed by atoms with Crippen LogP contribution in [0.3, 0.4) is 0 Å². The second-order valence-electron chi connectivity index (χ2n) is 40.2. The third-order valence-corrected chi connectivity index (χ3v) is 36.9. The van der Waals surface area contributed by atoms with E-state index in [9.17, 15) is 4.79 Å². The number of carbonyl (C=O) groups is 1. The van der Waals surface area contributed by atoms with E-state index in [0.29, 0.717) is 6.61 Å². The summed E-state index contributed by atoms with van der Waals surface area (Å²) in [6.07, 6.45) is 84.5. The molecule has 0 heterocycles. The third-order valence-electron chi connectivity index (χ3n) is 30.2. The van der Waals surface area contributed by atoms with Crippen molar-refractivity contribution >= 4 is 38.7 Å². The van der Waals surface area contributed by atoms with E-state index < -0.39 is 0 Å². The van der Waals surface area contributed by atoms with Crippen molar-refractivity contribution < 1.29 is 14.3 Å². The molecule has 0 aliphatic heterocycles. The van der Waals surface area contributed by atoms with Crippen molar-refractivity contribution in [2.45, 2.75) is 471 Å². The fourth-order valence-corrected chi connectivity index (χ4v) is 28.5. The highest BCUT2D eigenvalue weighted by atomic mass is 32.2. The molecule has 130 heavy (non-hydrogen) atoms. The molecule has 0 aromatic heterocycles. The number of ether oxygens (including phenoxy) is 2. The molecule has 0 spiro atoms. The van der Waals surface area contributed by atoms with Gasteiger partial charge in [-0.15, -0.1) is 0 Å². The average Bonchev–Trinajstić information content (AvgIpc) is 0.798. The molecule has 0 atom stereocenters. The second-order valence-corrected chi connectivity index (χ2v) is 46.3. The highest BCUT2D eigenvalue weighted by Gasteiger charge is 2.34. The van der Waals surface area contributed by atoms with E-state index in [1.807, 2.05) is 0 Å². The van der Waals surface area contributed by atoms with Crippen molar-refractivity contribution in [2.75, 3.05) is 13.2 Å². The molecule has 0 radical (unpaired) electrons. The Labute approximate surface area is 801 Å². The lowest BCUT2D eigenvalue weighted by Gasteiger charge is -2.21. The number of rotatable bonds is 20. The number of esters is 1. The van der Waals surface area contributed by atoms with Gasteiger partial charge in [-0.25, -0.2) is 4.79 Å². The van der Waals surface area contributed by atoms with E-state index in [1.165, 1.54) is 409 Å². The molecule has 3 nitrogen and oxygen atoms in total. The Morgan fingerprint density at radius 1 is 0.200 bits per heavy atom. The molecule has 700 valence electrons. The van der Waals surface area contributed by atoms with E-state index >= 15 is 0 Å². The maximum absolute atomic E-state index is 12.0. The number of hydrogen-bond acceptors (Lipinski definition) is 3. The number of carbonyl (C=O) groups excluding carboxylic acids is 1. The van der Waals surface area contributed by atoms with Gasteiger partial charge in [0.1, 0.15) is 12.7 Å². The minimum absolute atomic E-state index is 0.0417. The fraction of sp³-hybridized carbons (Fsp3) is 0.556. The first kappa shape index (κ1) is 101. The van der Waals surface area contributed by atoms with Crippen LogP contribution in [0.1, 0.15) is 448 Å². The van der Waals surface area contributed by atoms with Crippen LogP contribution in [-0.4, -0.2) is 25.3 Å². The predicted octanol–water partition coefficient (Wildman–Crippen LogP) is 37.7. The molecule has 0 N–H and O–H groups in total. The first-order valence-electron chi connectivity index (χ1n) is 54.3. The summed E-state index contributed by atoms with van der Waals surface area (Å²) in [7, 11) is -0.306. The van der Waals surface area contributed by atoms with Gasteiger partial charge in [0.2, 0.25) is 0 Å². The van der Waals surface area contributed by atoms with Crippen molar-refractivity contribution in [3.05, 3.63) is 270 Å². The van der Waals surface area contributed by atoms with Crippen LogP contribution in [0.4, 0.5) is 0 Å².